The maximum atomic E-state index is 11.5. The monoisotopic (exact) mass is 273 g/mol. The standard InChI is InChI=1S/C13H11NO2.C2H4O2/c15-13(11-7-3-1-4-8-11)16-14-12-9-5-2-6-10-12;1-2(3)4/h1-10,14H;1H3,(H,3,4). The smallest absolute Gasteiger partial charge is 0.362 e. The molecule has 0 radical (unpaired) electrons. The zero-order chi connectivity index (χ0) is 14.8. The Morgan fingerprint density at radius 1 is 0.950 bits per heavy atom. The van der Waals surface area contributed by atoms with E-state index in [0.29, 0.717) is 5.56 Å². The first kappa shape index (κ1) is 15.2. The quantitative estimate of drug-likeness (QED) is 0.841. The normalized spacial score (nSPS) is 8.85. The van der Waals surface area contributed by atoms with Crippen molar-refractivity contribution < 1.29 is 19.5 Å². The van der Waals surface area contributed by atoms with Crippen LogP contribution in [0.4, 0.5) is 5.69 Å². The van der Waals surface area contributed by atoms with Crippen LogP contribution in [0.25, 0.3) is 0 Å². The highest BCUT2D eigenvalue weighted by Gasteiger charge is 2.05. The minimum Gasteiger partial charge on any atom is -0.481 e. The van der Waals surface area contributed by atoms with Gasteiger partial charge in [0.15, 0.2) is 0 Å². The molecular formula is C15H15NO4. The molecule has 20 heavy (non-hydrogen) atoms. The molecule has 0 amide bonds. The number of carboxylic acid groups (broad SMARTS) is 1. The average Bonchev–Trinajstić information content (AvgIpc) is 2.46. The molecule has 0 saturated heterocycles. The highest BCUT2D eigenvalue weighted by molar-refractivity contribution is 5.89. The fourth-order valence-electron chi connectivity index (χ4n) is 1.24. The van der Waals surface area contributed by atoms with Gasteiger partial charge >= 0.3 is 5.97 Å². The molecule has 2 rings (SSSR count). The highest BCUT2D eigenvalue weighted by atomic mass is 16.7. The van der Waals surface area contributed by atoms with Gasteiger partial charge in [0.2, 0.25) is 0 Å². The van der Waals surface area contributed by atoms with Gasteiger partial charge < -0.3 is 9.94 Å². The number of benzene rings is 2. The molecular weight excluding hydrogens is 258 g/mol. The molecule has 0 aromatic heterocycles. The first-order valence-electron chi connectivity index (χ1n) is 5.86. The predicted molar refractivity (Wildman–Crippen MR) is 75.2 cm³/mol. The van der Waals surface area contributed by atoms with E-state index in [4.69, 9.17) is 14.7 Å². The van der Waals surface area contributed by atoms with Crippen LogP contribution in [-0.4, -0.2) is 17.0 Å². The van der Waals surface area contributed by atoms with Crippen molar-refractivity contribution in [1.29, 1.82) is 0 Å². The second-order valence-electron chi connectivity index (χ2n) is 3.74. The summed E-state index contributed by atoms with van der Waals surface area (Å²) in [5.74, 6) is -1.23. The summed E-state index contributed by atoms with van der Waals surface area (Å²) in [7, 11) is 0. The van der Waals surface area contributed by atoms with Gasteiger partial charge in [0.1, 0.15) is 0 Å². The largest absolute Gasteiger partial charge is 0.481 e. The second-order valence-corrected chi connectivity index (χ2v) is 3.74. The van der Waals surface area contributed by atoms with Crippen LogP contribution in [0.2, 0.25) is 0 Å². The lowest BCUT2D eigenvalue weighted by atomic mass is 10.2. The maximum absolute atomic E-state index is 11.5. The van der Waals surface area contributed by atoms with Crippen LogP contribution >= 0.6 is 0 Å². The van der Waals surface area contributed by atoms with Crippen LogP contribution in [0, 0.1) is 0 Å². The number of nitrogens with one attached hydrogen (secondary N) is 1. The van der Waals surface area contributed by atoms with Crippen molar-refractivity contribution in [1.82, 2.24) is 0 Å². The summed E-state index contributed by atoms with van der Waals surface area (Å²) >= 11 is 0. The van der Waals surface area contributed by atoms with E-state index in [2.05, 4.69) is 5.48 Å². The number of carboxylic acids is 1. The number of rotatable bonds is 3. The molecule has 0 unspecified atom stereocenters. The molecule has 0 atom stereocenters. The molecule has 2 N–H and O–H groups in total. The maximum Gasteiger partial charge on any atom is 0.362 e. The van der Waals surface area contributed by atoms with Gasteiger partial charge in [0.05, 0.1) is 11.3 Å². The van der Waals surface area contributed by atoms with Crippen molar-refractivity contribution in [3.8, 4) is 0 Å². The van der Waals surface area contributed by atoms with Crippen molar-refractivity contribution in [3.63, 3.8) is 0 Å². The summed E-state index contributed by atoms with van der Waals surface area (Å²) in [4.78, 5) is 25.5. The molecule has 0 aliphatic rings. The van der Waals surface area contributed by atoms with Gasteiger partial charge in [-0.05, 0) is 24.3 Å². The molecule has 2 aromatic carbocycles. The number of carbonyl (C=O) groups is 2. The Labute approximate surface area is 116 Å². The molecule has 0 fully saturated rings. The van der Waals surface area contributed by atoms with E-state index in [0.717, 1.165) is 12.6 Å². The second kappa shape index (κ2) is 8.31. The summed E-state index contributed by atoms with van der Waals surface area (Å²) in [6, 6.07) is 18.1. The van der Waals surface area contributed by atoms with Crippen LogP contribution in [0.3, 0.4) is 0 Å². The van der Waals surface area contributed by atoms with E-state index < -0.39 is 11.9 Å². The SMILES string of the molecule is CC(=O)O.O=C(ONc1ccccc1)c1ccccc1. The van der Waals surface area contributed by atoms with Crippen molar-refractivity contribution in [3.05, 3.63) is 66.2 Å². The lowest BCUT2D eigenvalue weighted by Gasteiger charge is -2.05. The summed E-state index contributed by atoms with van der Waals surface area (Å²) in [6.07, 6.45) is 0. The van der Waals surface area contributed by atoms with Crippen molar-refractivity contribution >= 4 is 17.6 Å². The predicted octanol–water partition coefficient (Wildman–Crippen LogP) is 2.96. The van der Waals surface area contributed by atoms with E-state index in [1.165, 1.54) is 0 Å². The molecule has 0 spiro atoms. The molecule has 5 nitrogen and oxygen atoms in total. The average molecular weight is 273 g/mol. The van der Waals surface area contributed by atoms with E-state index in [-0.39, 0.29) is 0 Å². The lowest BCUT2D eigenvalue weighted by Crippen LogP contribution is -2.10. The van der Waals surface area contributed by atoms with E-state index >= 15 is 0 Å². The van der Waals surface area contributed by atoms with Crippen molar-refractivity contribution in [2.45, 2.75) is 6.92 Å². The number of anilines is 1. The Hall–Kier alpha value is -2.82. The number of aliphatic carboxylic acids is 1. The Balaban J connectivity index is 0.000000444. The van der Waals surface area contributed by atoms with Crippen LogP contribution in [-0.2, 0) is 9.63 Å². The van der Waals surface area contributed by atoms with E-state index in [9.17, 15) is 4.79 Å². The van der Waals surface area contributed by atoms with Gasteiger partial charge in [0, 0.05) is 6.92 Å². The molecule has 104 valence electrons. The molecule has 2 aromatic rings. The fraction of sp³-hybridized carbons (Fsp3) is 0.0667. The molecule has 0 saturated carbocycles. The highest BCUT2D eigenvalue weighted by Crippen LogP contribution is 2.07. The zero-order valence-electron chi connectivity index (χ0n) is 10.9. The third kappa shape index (κ3) is 6.20. The van der Waals surface area contributed by atoms with Gasteiger partial charge in [-0.2, -0.15) is 0 Å². The van der Waals surface area contributed by atoms with Gasteiger partial charge in [-0.25, -0.2) is 10.3 Å². The minimum atomic E-state index is -0.833. The van der Waals surface area contributed by atoms with Gasteiger partial charge in [0.25, 0.3) is 5.97 Å². The molecule has 5 heteroatoms. The fourth-order valence-corrected chi connectivity index (χ4v) is 1.24. The van der Waals surface area contributed by atoms with Crippen molar-refractivity contribution in [2.24, 2.45) is 0 Å². The Bertz CT molecular complexity index is 536. The number of carbonyl (C=O) groups excluding carboxylic acids is 1. The van der Waals surface area contributed by atoms with Gasteiger partial charge in [-0.1, -0.05) is 36.4 Å². The Morgan fingerprint density at radius 3 is 1.90 bits per heavy atom. The van der Waals surface area contributed by atoms with Crippen LogP contribution in [0.5, 0.6) is 0 Å². The molecule has 0 bridgehead atoms. The van der Waals surface area contributed by atoms with Crippen molar-refractivity contribution in [2.75, 3.05) is 5.48 Å². The molecule has 0 aliphatic carbocycles. The van der Waals surface area contributed by atoms with Crippen LogP contribution in [0.15, 0.2) is 60.7 Å². The minimum absolute atomic E-state index is 0.399. The van der Waals surface area contributed by atoms with Crippen LogP contribution in [0.1, 0.15) is 17.3 Å². The van der Waals surface area contributed by atoms with Gasteiger partial charge in [-0.15, -0.1) is 0 Å². The first-order valence-corrected chi connectivity index (χ1v) is 5.86. The number of hydrogen-bond acceptors (Lipinski definition) is 4. The molecule has 0 aliphatic heterocycles. The molecule has 0 heterocycles. The zero-order valence-corrected chi connectivity index (χ0v) is 10.9. The first-order chi connectivity index (χ1) is 9.59. The van der Waals surface area contributed by atoms with Gasteiger partial charge in [-0.3, -0.25) is 4.79 Å². The third-order valence-corrected chi connectivity index (χ3v) is 2.04. The summed E-state index contributed by atoms with van der Waals surface area (Å²) in [5, 5.41) is 7.42. The number of para-hydroxylation sites is 1. The third-order valence-electron chi connectivity index (χ3n) is 2.04. The Kier molecular flexibility index (Phi) is 6.33. The Morgan fingerprint density at radius 2 is 1.40 bits per heavy atom. The summed E-state index contributed by atoms with van der Waals surface area (Å²) in [6.45, 7) is 1.08. The summed E-state index contributed by atoms with van der Waals surface area (Å²) in [5.41, 5.74) is 3.86. The van der Waals surface area contributed by atoms with E-state index in [1.807, 2.05) is 36.4 Å². The number of hydrogen-bond donors (Lipinski definition) is 2. The lowest BCUT2D eigenvalue weighted by molar-refractivity contribution is -0.134. The topological polar surface area (TPSA) is 75.6 Å². The van der Waals surface area contributed by atoms with Crippen LogP contribution < -0.4 is 5.48 Å². The van der Waals surface area contributed by atoms with E-state index in [1.54, 1.807) is 24.3 Å². The summed E-state index contributed by atoms with van der Waals surface area (Å²) < 4.78 is 0.